The van der Waals surface area contributed by atoms with E-state index in [0.29, 0.717) is 10.8 Å². The maximum atomic E-state index is 13.5. The third-order valence-corrected chi connectivity index (χ3v) is 3.70. The largest absolute Gasteiger partial charge is 0.357 e. The zero-order chi connectivity index (χ0) is 13.0. The second-order valence-electron chi connectivity index (χ2n) is 5.18. The van der Waals surface area contributed by atoms with Gasteiger partial charge >= 0.3 is 0 Å². The fraction of sp³-hybridized carbons (Fsp3) is 0.500. The molecule has 98 valence electrons. The molecule has 1 aliphatic carbocycles. The third-order valence-electron chi connectivity index (χ3n) is 3.49. The molecule has 4 heteroatoms. The number of thiocarbonyl (C=S) groups is 1. The van der Waals surface area contributed by atoms with Crippen LogP contribution in [-0.4, -0.2) is 10.7 Å². The zero-order valence-electron chi connectivity index (χ0n) is 10.6. The van der Waals surface area contributed by atoms with Gasteiger partial charge in [-0.2, -0.15) is 0 Å². The van der Waals surface area contributed by atoms with E-state index in [-0.39, 0.29) is 11.4 Å². The van der Waals surface area contributed by atoms with Crippen molar-refractivity contribution in [2.24, 2.45) is 0 Å². The summed E-state index contributed by atoms with van der Waals surface area (Å²) in [5.74, 6) is -0.282. The topological polar surface area (TPSA) is 24.1 Å². The predicted molar refractivity (Wildman–Crippen MR) is 77.2 cm³/mol. The maximum Gasteiger partial charge on any atom is 0.171 e. The fourth-order valence-electron chi connectivity index (χ4n) is 2.45. The highest BCUT2D eigenvalue weighted by Crippen LogP contribution is 2.27. The molecule has 2 nitrogen and oxygen atoms in total. The van der Waals surface area contributed by atoms with Gasteiger partial charge in [0.05, 0.1) is 5.69 Å². The molecule has 2 rings (SSSR count). The summed E-state index contributed by atoms with van der Waals surface area (Å²) < 4.78 is 13.5. The van der Waals surface area contributed by atoms with Crippen LogP contribution in [0.25, 0.3) is 0 Å². The maximum absolute atomic E-state index is 13.5. The monoisotopic (exact) mass is 266 g/mol. The molecule has 0 aromatic heterocycles. The lowest BCUT2D eigenvalue weighted by atomic mass is 9.83. The van der Waals surface area contributed by atoms with Crippen LogP contribution in [-0.2, 0) is 0 Å². The van der Waals surface area contributed by atoms with E-state index in [4.69, 9.17) is 12.2 Å². The van der Waals surface area contributed by atoms with Crippen molar-refractivity contribution < 1.29 is 4.39 Å². The minimum absolute atomic E-state index is 0.0492. The third kappa shape index (κ3) is 3.42. The molecule has 18 heavy (non-hydrogen) atoms. The number of nitrogens with one attached hydrogen (secondary N) is 2. The normalized spacial score (nSPS) is 18.1. The molecule has 0 radical (unpaired) electrons. The van der Waals surface area contributed by atoms with Crippen molar-refractivity contribution in [3.63, 3.8) is 0 Å². The van der Waals surface area contributed by atoms with Gasteiger partial charge in [-0.15, -0.1) is 0 Å². The molecular weight excluding hydrogens is 247 g/mol. The summed E-state index contributed by atoms with van der Waals surface area (Å²) in [7, 11) is 0. The number of anilines is 1. The van der Waals surface area contributed by atoms with Gasteiger partial charge in [0, 0.05) is 5.54 Å². The van der Waals surface area contributed by atoms with Gasteiger partial charge in [-0.3, -0.25) is 0 Å². The number of rotatable bonds is 2. The summed E-state index contributed by atoms with van der Waals surface area (Å²) in [6.07, 6.45) is 5.99. The molecular formula is C14H19FN2S. The molecule has 0 spiro atoms. The smallest absolute Gasteiger partial charge is 0.171 e. The van der Waals surface area contributed by atoms with E-state index in [2.05, 4.69) is 17.6 Å². The summed E-state index contributed by atoms with van der Waals surface area (Å²) in [4.78, 5) is 0. The standard InChI is InChI=1S/C14H19FN2S/c1-14(9-5-2-6-10-14)17-13(18)16-12-8-4-3-7-11(12)15/h3-4,7-8H,2,5-6,9-10H2,1H3,(H2,16,17,18). The molecule has 2 N–H and O–H groups in total. The molecule has 1 aromatic carbocycles. The van der Waals surface area contributed by atoms with Crippen molar-refractivity contribution in [2.75, 3.05) is 5.32 Å². The van der Waals surface area contributed by atoms with Crippen molar-refractivity contribution in [1.29, 1.82) is 0 Å². The Hall–Kier alpha value is -1.16. The summed E-state index contributed by atoms with van der Waals surface area (Å²) in [5.41, 5.74) is 0.475. The lowest BCUT2D eigenvalue weighted by molar-refractivity contribution is 0.292. The average Bonchev–Trinajstić information content (AvgIpc) is 2.32. The molecule has 0 amide bonds. The van der Waals surface area contributed by atoms with Crippen LogP contribution in [0.4, 0.5) is 10.1 Å². The second kappa shape index (κ2) is 5.65. The van der Waals surface area contributed by atoms with Crippen molar-refractivity contribution in [3.8, 4) is 0 Å². The minimum Gasteiger partial charge on any atom is -0.357 e. The Morgan fingerprint density at radius 2 is 1.89 bits per heavy atom. The van der Waals surface area contributed by atoms with E-state index >= 15 is 0 Å². The van der Waals surface area contributed by atoms with Crippen molar-refractivity contribution in [2.45, 2.75) is 44.6 Å². The van der Waals surface area contributed by atoms with Gasteiger partial charge in [0.25, 0.3) is 0 Å². The van der Waals surface area contributed by atoms with E-state index < -0.39 is 0 Å². The molecule has 1 aliphatic rings. The highest BCUT2D eigenvalue weighted by Gasteiger charge is 2.27. The van der Waals surface area contributed by atoms with Crippen LogP contribution >= 0.6 is 12.2 Å². The van der Waals surface area contributed by atoms with E-state index in [1.54, 1.807) is 18.2 Å². The van der Waals surface area contributed by atoms with Crippen LogP contribution in [0.15, 0.2) is 24.3 Å². The van der Waals surface area contributed by atoms with Crippen LogP contribution in [0.2, 0.25) is 0 Å². The minimum atomic E-state index is -0.282. The number of para-hydroxylation sites is 1. The summed E-state index contributed by atoms with van der Waals surface area (Å²) in [6, 6.07) is 6.57. The zero-order valence-corrected chi connectivity index (χ0v) is 11.4. The van der Waals surface area contributed by atoms with Crippen LogP contribution in [0.5, 0.6) is 0 Å². The predicted octanol–water partition coefficient (Wildman–Crippen LogP) is 3.83. The van der Waals surface area contributed by atoms with Crippen molar-refractivity contribution in [3.05, 3.63) is 30.1 Å². The van der Waals surface area contributed by atoms with E-state index in [0.717, 1.165) is 12.8 Å². The Kier molecular flexibility index (Phi) is 4.17. The van der Waals surface area contributed by atoms with E-state index in [1.165, 1.54) is 25.3 Å². The van der Waals surface area contributed by atoms with Gasteiger partial charge in [0.1, 0.15) is 5.82 Å². The van der Waals surface area contributed by atoms with Gasteiger partial charge in [0.2, 0.25) is 0 Å². The van der Waals surface area contributed by atoms with Gasteiger partial charge in [-0.05, 0) is 44.1 Å². The number of hydrogen-bond donors (Lipinski definition) is 2. The average molecular weight is 266 g/mol. The second-order valence-corrected chi connectivity index (χ2v) is 5.59. The summed E-state index contributed by atoms with van der Waals surface area (Å²) >= 11 is 5.26. The van der Waals surface area contributed by atoms with Crippen molar-refractivity contribution >= 4 is 23.0 Å². The number of halogens is 1. The Morgan fingerprint density at radius 1 is 1.22 bits per heavy atom. The SMILES string of the molecule is CC1(NC(=S)Nc2ccccc2F)CCCCC1. The highest BCUT2D eigenvalue weighted by atomic mass is 32.1. The molecule has 0 aliphatic heterocycles. The Balaban J connectivity index is 1.94. The fourth-order valence-corrected chi connectivity index (χ4v) is 2.80. The van der Waals surface area contributed by atoms with E-state index in [1.807, 2.05) is 0 Å². The molecule has 0 heterocycles. The first-order chi connectivity index (χ1) is 8.59. The highest BCUT2D eigenvalue weighted by molar-refractivity contribution is 7.80. The number of benzene rings is 1. The summed E-state index contributed by atoms with van der Waals surface area (Å²) in [5, 5.41) is 6.76. The number of hydrogen-bond acceptors (Lipinski definition) is 1. The van der Waals surface area contributed by atoms with Gasteiger partial charge < -0.3 is 10.6 Å². The first-order valence-electron chi connectivity index (χ1n) is 6.43. The van der Waals surface area contributed by atoms with Gasteiger partial charge in [0.15, 0.2) is 5.11 Å². The van der Waals surface area contributed by atoms with Crippen molar-refractivity contribution in [1.82, 2.24) is 5.32 Å². The molecule has 0 unspecified atom stereocenters. The van der Waals surface area contributed by atoms with Crippen LogP contribution in [0.3, 0.4) is 0 Å². The molecule has 0 bridgehead atoms. The molecule has 1 saturated carbocycles. The molecule has 1 aromatic rings. The van der Waals surface area contributed by atoms with Gasteiger partial charge in [-0.25, -0.2) is 4.39 Å². The lowest BCUT2D eigenvalue weighted by Crippen LogP contribution is -2.48. The molecule has 0 atom stereocenters. The lowest BCUT2D eigenvalue weighted by Gasteiger charge is -2.35. The van der Waals surface area contributed by atoms with Crippen LogP contribution in [0, 0.1) is 5.82 Å². The molecule has 0 saturated heterocycles. The Labute approximate surface area is 113 Å². The first-order valence-corrected chi connectivity index (χ1v) is 6.84. The van der Waals surface area contributed by atoms with Crippen LogP contribution < -0.4 is 10.6 Å². The summed E-state index contributed by atoms with van der Waals surface area (Å²) in [6.45, 7) is 2.18. The first kappa shape index (κ1) is 13.3. The van der Waals surface area contributed by atoms with Crippen LogP contribution in [0.1, 0.15) is 39.0 Å². The Morgan fingerprint density at radius 3 is 2.56 bits per heavy atom. The Bertz CT molecular complexity index is 428. The van der Waals surface area contributed by atoms with Gasteiger partial charge in [-0.1, -0.05) is 31.4 Å². The van der Waals surface area contributed by atoms with E-state index in [9.17, 15) is 4.39 Å². The quantitative estimate of drug-likeness (QED) is 0.795. The molecule has 1 fully saturated rings.